The van der Waals surface area contributed by atoms with Crippen LogP contribution in [0, 0.1) is 6.92 Å². The number of nitrogens with one attached hydrogen (secondary N) is 1. The Kier molecular flexibility index (Phi) is 6.33. The third-order valence-corrected chi connectivity index (χ3v) is 5.56. The van der Waals surface area contributed by atoms with E-state index in [0.717, 1.165) is 16.8 Å². The normalized spacial score (nSPS) is 12.5. The minimum atomic E-state index is -4.67. The fraction of sp³-hybridized carbons (Fsp3) is 0.250. The summed E-state index contributed by atoms with van der Waals surface area (Å²) in [5.74, 6) is 0.146. The second kappa shape index (κ2) is 9.24. The number of alkyl halides is 3. The molecule has 0 aliphatic rings. The van der Waals surface area contributed by atoms with Gasteiger partial charge in [-0.2, -0.15) is 18.3 Å². The quantitative estimate of drug-likeness (QED) is 0.413. The average Bonchev–Trinajstić information content (AvgIpc) is 3.23. The lowest BCUT2D eigenvalue weighted by atomic mass is 10.1. The van der Waals surface area contributed by atoms with Gasteiger partial charge < -0.3 is 14.6 Å². The number of halogens is 3. The molecule has 11 heteroatoms. The zero-order valence-electron chi connectivity index (χ0n) is 19.0. The number of carbonyl (C=O) groups is 1. The van der Waals surface area contributed by atoms with Crippen molar-refractivity contribution in [2.24, 2.45) is 0 Å². The van der Waals surface area contributed by atoms with Crippen LogP contribution in [0.2, 0.25) is 0 Å². The van der Waals surface area contributed by atoms with Gasteiger partial charge in [0.1, 0.15) is 23.2 Å². The van der Waals surface area contributed by atoms with E-state index in [2.05, 4.69) is 15.6 Å². The maximum absolute atomic E-state index is 13.4. The Balaban J connectivity index is 1.82. The molecule has 0 bridgehead atoms. The molecule has 0 aliphatic carbocycles. The number of amides is 1. The Morgan fingerprint density at radius 3 is 2.49 bits per heavy atom. The smallest absolute Gasteiger partial charge is 0.418 e. The lowest BCUT2D eigenvalue weighted by Crippen LogP contribution is -2.35. The number of fused-ring (bicyclic) bond motifs is 1. The van der Waals surface area contributed by atoms with Gasteiger partial charge in [0.15, 0.2) is 5.52 Å². The summed E-state index contributed by atoms with van der Waals surface area (Å²) >= 11 is 0. The molecule has 1 N–H and O–H groups in total. The molecule has 182 valence electrons. The average molecular weight is 486 g/mol. The standard InChI is InChI=1S/C24H21F3N4O4/c1-4-18(22(32)28-17-8-6-5-7-16(17)24(25,26)27)31-23(33)21-19(13(2)35-30-21)20(29-31)14-9-11-15(34-3)12-10-14/h5-12,18H,4H2,1-3H3,(H,28,32)/t18-/m1/s1. The molecule has 4 aromatic rings. The van der Waals surface area contributed by atoms with Gasteiger partial charge in [0.05, 0.1) is 23.7 Å². The molecule has 4 rings (SSSR count). The van der Waals surface area contributed by atoms with Crippen LogP contribution < -0.4 is 15.6 Å². The zero-order chi connectivity index (χ0) is 25.3. The number of carbonyl (C=O) groups excluding carboxylic acids is 1. The monoisotopic (exact) mass is 486 g/mol. The molecular weight excluding hydrogens is 465 g/mol. The minimum Gasteiger partial charge on any atom is -0.497 e. The van der Waals surface area contributed by atoms with Crippen molar-refractivity contribution in [2.45, 2.75) is 32.5 Å². The Bertz CT molecular complexity index is 1440. The van der Waals surface area contributed by atoms with E-state index in [-0.39, 0.29) is 11.9 Å². The van der Waals surface area contributed by atoms with Gasteiger partial charge in [0.2, 0.25) is 5.91 Å². The van der Waals surface area contributed by atoms with E-state index < -0.39 is 34.9 Å². The molecular formula is C24H21F3N4O4. The first-order valence-corrected chi connectivity index (χ1v) is 10.7. The Hall–Kier alpha value is -4.15. The fourth-order valence-corrected chi connectivity index (χ4v) is 3.80. The molecule has 8 nitrogen and oxygen atoms in total. The summed E-state index contributed by atoms with van der Waals surface area (Å²) in [6.07, 6.45) is -4.59. The number of anilines is 1. The number of hydrogen-bond donors (Lipinski definition) is 1. The molecule has 2 aromatic heterocycles. The van der Waals surface area contributed by atoms with Gasteiger partial charge in [-0.3, -0.25) is 9.59 Å². The van der Waals surface area contributed by atoms with Crippen LogP contribution >= 0.6 is 0 Å². The van der Waals surface area contributed by atoms with Crippen molar-refractivity contribution in [1.82, 2.24) is 14.9 Å². The van der Waals surface area contributed by atoms with Crippen molar-refractivity contribution < 1.29 is 27.2 Å². The number of aryl methyl sites for hydroxylation is 1. The van der Waals surface area contributed by atoms with E-state index in [1.807, 2.05) is 0 Å². The molecule has 0 radical (unpaired) electrons. The number of para-hydroxylation sites is 1. The second-order valence-corrected chi connectivity index (χ2v) is 7.75. The van der Waals surface area contributed by atoms with Crippen LogP contribution in [0.3, 0.4) is 0 Å². The van der Waals surface area contributed by atoms with Crippen LogP contribution in [0.15, 0.2) is 57.8 Å². The zero-order valence-corrected chi connectivity index (χ0v) is 19.0. The van der Waals surface area contributed by atoms with E-state index >= 15 is 0 Å². The second-order valence-electron chi connectivity index (χ2n) is 7.75. The summed E-state index contributed by atoms with van der Waals surface area (Å²) in [6.45, 7) is 3.26. The van der Waals surface area contributed by atoms with Gasteiger partial charge in [-0.05, 0) is 49.7 Å². The van der Waals surface area contributed by atoms with Gasteiger partial charge in [-0.25, -0.2) is 4.68 Å². The highest BCUT2D eigenvalue weighted by Crippen LogP contribution is 2.35. The van der Waals surface area contributed by atoms with E-state index in [1.165, 1.54) is 19.2 Å². The number of methoxy groups -OCH3 is 1. The molecule has 0 fully saturated rings. The first kappa shape index (κ1) is 24.0. The molecule has 1 atom stereocenters. The minimum absolute atomic E-state index is 0.0368. The summed E-state index contributed by atoms with van der Waals surface area (Å²) < 4.78 is 51.5. The lowest BCUT2D eigenvalue weighted by molar-refractivity contribution is -0.137. The van der Waals surface area contributed by atoms with Crippen LogP contribution in [0.4, 0.5) is 18.9 Å². The Labute approximate surface area is 197 Å². The third-order valence-electron chi connectivity index (χ3n) is 5.56. The molecule has 0 saturated heterocycles. The largest absolute Gasteiger partial charge is 0.497 e. The topological polar surface area (TPSA) is 99.2 Å². The highest BCUT2D eigenvalue weighted by molar-refractivity contribution is 5.96. The Morgan fingerprint density at radius 1 is 1.17 bits per heavy atom. The van der Waals surface area contributed by atoms with Crippen molar-refractivity contribution in [3.8, 4) is 17.0 Å². The van der Waals surface area contributed by atoms with Crippen molar-refractivity contribution in [3.63, 3.8) is 0 Å². The molecule has 2 aromatic carbocycles. The summed E-state index contributed by atoms with van der Waals surface area (Å²) in [4.78, 5) is 26.3. The van der Waals surface area contributed by atoms with Crippen LogP contribution in [-0.4, -0.2) is 28.0 Å². The SMILES string of the molecule is CC[C@H](C(=O)Nc1ccccc1C(F)(F)F)n1nc(-c2ccc(OC)cc2)c2c(C)onc2c1=O. The lowest BCUT2D eigenvalue weighted by Gasteiger charge is -2.19. The first-order valence-electron chi connectivity index (χ1n) is 10.7. The van der Waals surface area contributed by atoms with Crippen LogP contribution in [-0.2, 0) is 11.0 Å². The van der Waals surface area contributed by atoms with Crippen LogP contribution in [0.5, 0.6) is 5.75 Å². The predicted molar refractivity (Wildman–Crippen MR) is 122 cm³/mol. The van der Waals surface area contributed by atoms with Gasteiger partial charge >= 0.3 is 6.18 Å². The fourth-order valence-electron chi connectivity index (χ4n) is 3.80. The highest BCUT2D eigenvalue weighted by atomic mass is 19.4. The molecule has 0 unspecified atom stereocenters. The van der Waals surface area contributed by atoms with Gasteiger partial charge in [-0.15, -0.1) is 0 Å². The van der Waals surface area contributed by atoms with E-state index in [9.17, 15) is 22.8 Å². The summed E-state index contributed by atoms with van der Waals surface area (Å²) in [7, 11) is 1.52. The van der Waals surface area contributed by atoms with Crippen molar-refractivity contribution in [3.05, 3.63) is 70.2 Å². The number of hydrogen-bond acceptors (Lipinski definition) is 6. The number of ether oxygens (including phenoxy) is 1. The molecule has 2 heterocycles. The molecule has 0 aliphatic heterocycles. The highest BCUT2D eigenvalue weighted by Gasteiger charge is 2.34. The number of benzene rings is 2. The molecule has 0 saturated carbocycles. The van der Waals surface area contributed by atoms with Gasteiger partial charge in [0, 0.05) is 5.56 Å². The molecule has 1 amide bonds. The number of aromatic nitrogens is 3. The van der Waals surface area contributed by atoms with Crippen molar-refractivity contribution in [1.29, 1.82) is 0 Å². The third kappa shape index (κ3) is 4.48. The summed E-state index contributed by atoms with van der Waals surface area (Å²) in [5, 5.41) is 11.0. The number of rotatable bonds is 6. The number of nitrogens with zero attached hydrogens (tertiary/aromatic N) is 3. The van der Waals surface area contributed by atoms with Gasteiger partial charge in [0.25, 0.3) is 5.56 Å². The van der Waals surface area contributed by atoms with E-state index in [4.69, 9.17) is 9.26 Å². The van der Waals surface area contributed by atoms with Crippen molar-refractivity contribution >= 4 is 22.5 Å². The predicted octanol–water partition coefficient (Wildman–Crippen LogP) is 4.98. The van der Waals surface area contributed by atoms with Crippen molar-refractivity contribution in [2.75, 3.05) is 12.4 Å². The van der Waals surface area contributed by atoms with E-state index in [0.29, 0.717) is 28.2 Å². The summed E-state index contributed by atoms with van der Waals surface area (Å²) in [5.41, 5.74) is -1.20. The first-order chi connectivity index (χ1) is 16.7. The van der Waals surface area contributed by atoms with E-state index in [1.54, 1.807) is 38.1 Å². The van der Waals surface area contributed by atoms with Gasteiger partial charge in [-0.1, -0.05) is 24.2 Å². The molecule has 35 heavy (non-hydrogen) atoms. The summed E-state index contributed by atoms with van der Waals surface area (Å²) in [6, 6.07) is 10.3. The van der Waals surface area contributed by atoms with Crippen LogP contribution in [0.1, 0.15) is 30.7 Å². The maximum Gasteiger partial charge on any atom is 0.418 e. The Morgan fingerprint density at radius 2 is 1.86 bits per heavy atom. The molecule has 0 spiro atoms. The maximum atomic E-state index is 13.4. The van der Waals surface area contributed by atoms with Crippen LogP contribution in [0.25, 0.3) is 22.2 Å².